The molecule has 2 heterocycles. The number of hydrogen-bond donors (Lipinski definition) is 1. The van der Waals surface area contributed by atoms with Crippen LogP contribution in [0.2, 0.25) is 0 Å². The van der Waals surface area contributed by atoms with Crippen LogP contribution in [0.1, 0.15) is 25.7 Å². The maximum absolute atomic E-state index is 3.74. The van der Waals surface area contributed by atoms with Gasteiger partial charge in [-0.1, -0.05) is 12.1 Å². The van der Waals surface area contributed by atoms with E-state index < -0.39 is 0 Å². The molecule has 3 rings (SSSR count). The third-order valence-corrected chi connectivity index (χ3v) is 5.27. The molecular formula is C14H19IN2. The maximum atomic E-state index is 3.74. The molecular weight excluding hydrogens is 321 g/mol. The van der Waals surface area contributed by atoms with Crippen molar-refractivity contribution in [2.24, 2.45) is 0 Å². The van der Waals surface area contributed by atoms with Crippen molar-refractivity contribution in [3.63, 3.8) is 0 Å². The summed E-state index contributed by atoms with van der Waals surface area (Å²) in [6, 6.07) is 10.9. The lowest BCUT2D eigenvalue weighted by molar-refractivity contribution is 0.169. The van der Waals surface area contributed by atoms with Crippen LogP contribution in [-0.2, 0) is 0 Å². The Balaban J connectivity index is 1.70. The number of rotatable bonds is 2. The highest BCUT2D eigenvalue weighted by molar-refractivity contribution is 14.1. The largest absolute Gasteiger partial charge is 0.381 e. The van der Waals surface area contributed by atoms with Gasteiger partial charge in [-0.05, 0) is 67.5 Å². The molecule has 3 heteroatoms. The Hall–Kier alpha value is -0.290. The van der Waals surface area contributed by atoms with Gasteiger partial charge in [0, 0.05) is 27.4 Å². The minimum Gasteiger partial charge on any atom is -0.381 e. The second kappa shape index (κ2) is 4.76. The molecule has 0 saturated carbocycles. The Labute approximate surface area is 117 Å². The SMILES string of the molecule is CN1[C@@H]2CC[C@H]1CC(Nc1ccccc1[125I])C2. The van der Waals surface area contributed by atoms with Crippen molar-refractivity contribution in [1.29, 1.82) is 0 Å². The summed E-state index contributed by atoms with van der Waals surface area (Å²) in [7, 11) is 2.30. The van der Waals surface area contributed by atoms with Crippen LogP contribution in [0, 0.1) is 3.57 Å². The summed E-state index contributed by atoms with van der Waals surface area (Å²) in [6.07, 6.45) is 5.40. The number of hydrogen-bond acceptors (Lipinski definition) is 2. The van der Waals surface area contributed by atoms with Crippen molar-refractivity contribution in [3.05, 3.63) is 27.8 Å². The summed E-state index contributed by atoms with van der Waals surface area (Å²) < 4.78 is 1.33. The fourth-order valence-corrected chi connectivity index (χ4v) is 3.87. The summed E-state index contributed by atoms with van der Waals surface area (Å²) in [5.74, 6) is 0. The van der Waals surface area contributed by atoms with E-state index in [-0.39, 0.29) is 0 Å². The predicted molar refractivity (Wildman–Crippen MR) is 80.4 cm³/mol. The lowest BCUT2D eigenvalue weighted by Crippen LogP contribution is -2.44. The molecule has 2 aliphatic rings. The van der Waals surface area contributed by atoms with Gasteiger partial charge in [0.1, 0.15) is 0 Å². The molecule has 3 atom stereocenters. The van der Waals surface area contributed by atoms with E-state index in [0.29, 0.717) is 6.04 Å². The van der Waals surface area contributed by atoms with E-state index >= 15 is 0 Å². The molecule has 0 amide bonds. The van der Waals surface area contributed by atoms with Gasteiger partial charge in [-0.15, -0.1) is 0 Å². The molecule has 2 saturated heterocycles. The zero-order chi connectivity index (χ0) is 11.8. The Morgan fingerprint density at radius 1 is 1.18 bits per heavy atom. The smallest absolute Gasteiger partial charge is 0.0478 e. The highest BCUT2D eigenvalue weighted by Gasteiger charge is 2.38. The molecule has 2 bridgehead atoms. The van der Waals surface area contributed by atoms with Crippen molar-refractivity contribution in [2.45, 2.75) is 43.8 Å². The first-order valence-electron chi connectivity index (χ1n) is 6.47. The van der Waals surface area contributed by atoms with Gasteiger partial charge in [0.05, 0.1) is 0 Å². The molecule has 0 radical (unpaired) electrons. The van der Waals surface area contributed by atoms with Crippen molar-refractivity contribution >= 4 is 28.3 Å². The molecule has 0 aliphatic carbocycles. The van der Waals surface area contributed by atoms with Gasteiger partial charge in [0.15, 0.2) is 0 Å². The zero-order valence-electron chi connectivity index (χ0n) is 10.2. The predicted octanol–water partition coefficient (Wildman–Crippen LogP) is 3.33. The van der Waals surface area contributed by atoms with E-state index in [1.54, 1.807) is 0 Å². The Kier molecular flexibility index (Phi) is 3.30. The molecule has 2 aliphatic heterocycles. The number of anilines is 1. The van der Waals surface area contributed by atoms with Crippen LogP contribution in [0.5, 0.6) is 0 Å². The second-order valence-electron chi connectivity index (χ2n) is 5.34. The number of benzene rings is 1. The molecule has 2 nitrogen and oxygen atoms in total. The Morgan fingerprint density at radius 3 is 2.47 bits per heavy atom. The van der Waals surface area contributed by atoms with Gasteiger partial charge >= 0.3 is 0 Å². The van der Waals surface area contributed by atoms with Gasteiger partial charge in [-0.25, -0.2) is 0 Å². The van der Waals surface area contributed by atoms with Gasteiger partial charge < -0.3 is 10.2 Å². The summed E-state index contributed by atoms with van der Waals surface area (Å²) in [5.41, 5.74) is 1.31. The number of fused-ring (bicyclic) bond motifs is 2. The monoisotopic (exact) mass is 340 g/mol. The number of piperidine rings is 1. The van der Waals surface area contributed by atoms with Crippen molar-refractivity contribution < 1.29 is 0 Å². The molecule has 92 valence electrons. The molecule has 1 aromatic carbocycles. The lowest BCUT2D eigenvalue weighted by atomic mass is 9.98. The van der Waals surface area contributed by atoms with Crippen LogP contribution in [0.4, 0.5) is 5.69 Å². The fraction of sp³-hybridized carbons (Fsp3) is 0.571. The zero-order valence-corrected chi connectivity index (χ0v) is 12.4. The molecule has 2 fully saturated rings. The van der Waals surface area contributed by atoms with E-state index in [1.165, 1.54) is 34.9 Å². The Morgan fingerprint density at radius 2 is 1.82 bits per heavy atom. The maximum Gasteiger partial charge on any atom is 0.0478 e. The Bertz CT molecular complexity index is 393. The summed E-state index contributed by atoms with van der Waals surface area (Å²) >= 11 is 2.41. The van der Waals surface area contributed by atoms with E-state index in [9.17, 15) is 0 Å². The first-order chi connectivity index (χ1) is 8.24. The van der Waals surface area contributed by atoms with Crippen LogP contribution in [0.3, 0.4) is 0 Å². The first-order valence-corrected chi connectivity index (χ1v) is 7.55. The van der Waals surface area contributed by atoms with Crippen LogP contribution < -0.4 is 5.32 Å². The van der Waals surface area contributed by atoms with Crippen LogP contribution in [0.15, 0.2) is 24.3 Å². The fourth-order valence-electron chi connectivity index (χ4n) is 3.33. The summed E-state index contributed by atoms with van der Waals surface area (Å²) in [5, 5.41) is 3.74. The molecule has 0 aromatic heterocycles. The quantitative estimate of drug-likeness (QED) is 0.831. The molecule has 17 heavy (non-hydrogen) atoms. The number of para-hydroxylation sites is 1. The third-order valence-electron chi connectivity index (χ3n) is 4.33. The van der Waals surface area contributed by atoms with Crippen molar-refractivity contribution in [1.82, 2.24) is 4.90 Å². The highest BCUT2D eigenvalue weighted by Crippen LogP contribution is 2.35. The number of nitrogens with zero attached hydrogens (tertiary/aromatic N) is 1. The standard InChI is InChI=1S/C14H19IN2/c1-17-11-6-7-12(17)9-10(8-11)16-14-5-3-2-4-13(14)15/h2-5,10-12,16H,6-9H2,1H3/t10?,11-,12+/i15-2. The lowest BCUT2D eigenvalue weighted by Gasteiger charge is -2.37. The van der Waals surface area contributed by atoms with Crippen LogP contribution in [-0.4, -0.2) is 30.1 Å². The summed E-state index contributed by atoms with van der Waals surface area (Å²) in [6.45, 7) is 0. The van der Waals surface area contributed by atoms with Crippen LogP contribution >= 0.6 is 22.6 Å². The van der Waals surface area contributed by atoms with E-state index in [0.717, 1.165) is 12.1 Å². The highest BCUT2D eigenvalue weighted by atomic mass is 125. The minimum atomic E-state index is 0.666. The van der Waals surface area contributed by atoms with Gasteiger partial charge in [0.2, 0.25) is 0 Å². The molecule has 1 N–H and O–H groups in total. The van der Waals surface area contributed by atoms with Crippen molar-refractivity contribution in [3.8, 4) is 0 Å². The third kappa shape index (κ3) is 2.32. The van der Waals surface area contributed by atoms with E-state index in [1.807, 2.05) is 0 Å². The second-order valence-corrected chi connectivity index (χ2v) is 6.51. The summed E-state index contributed by atoms with van der Waals surface area (Å²) in [4.78, 5) is 2.59. The minimum absolute atomic E-state index is 0.666. The van der Waals surface area contributed by atoms with Gasteiger partial charge in [0.25, 0.3) is 0 Å². The van der Waals surface area contributed by atoms with E-state index in [2.05, 4.69) is 64.1 Å². The molecule has 1 unspecified atom stereocenters. The van der Waals surface area contributed by atoms with Crippen molar-refractivity contribution in [2.75, 3.05) is 12.4 Å². The topological polar surface area (TPSA) is 15.3 Å². The normalized spacial score (nSPS) is 32.7. The van der Waals surface area contributed by atoms with E-state index in [4.69, 9.17) is 0 Å². The van der Waals surface area contributed by atoms with Gasteiger partial charge in [-0.3, -0.25) is 0 Å². The first kappa shape index (κ1) is 11.8. The average molecular weight is 340 g/mol. The van der Waals surface area contributed by atoms with Gasteiger partial charge in [-0.2, -0.15) is 0 Å². The number of nitrogens with one attached hydrogen (secondary N) is 1. The number of halogens is 1. The molecule has 0 spiro atoms. The van der Waals surface area contributed by atoms with Crippen LogP contribution in [0.25, 0.3) is 0 Å². The average Bonchev–Trinajstić information content (AvgIpc) is 2.55. The molecule has 1 aromatic rings.